The number of carboxylic acids is 1. The van der Waals surface area contributed by atoms with Gasteiger partial charge in [-0.05, 0) is 31.5 Å². The Morgan fingerprint density at radius 2 is 1.93 bits per heavy atom. The summed E-state index contributed by atoms with van der Waals surface area (Å²) < 4.78 is 13.2. The maximum atomic E-state index is 13.2. The zero-order valence-corrected chi connectivity index (χ0v) is 15.5. The predicted octanol–water partition coefficient (Wildman–Crippen LogP) is 2.06. The lowest BCUT2D eigenvalue weighted by molar-refractivity contribution is -0.139. The normalized spacial score (nSPS) is 22.6. The maximum absolute atomic E-state index is 13.2. The molecule has 7 heteroatoms. The van der Waals surface area contributed by atoms with E-state index >= 15 is 0 Å². The quantitative estimate of drug-likeness (QED) is 0.601. The Kier molecular flexibility index (Phi) is 7.10. The number of likely N-dealkylation sites (tertiary alicyclic amines) is 1. The smallest absolute Gasteiger partial charge is 0.305 e. The number of carbonyl (C=O) groups is 2. The summed E-state index contributed by atoms with van der Waals surface area (Å²) in [4.78, 5) is 24.8. The second-order valence-corrected chi connectivity index (χ2v) is 7.19. The highest BCUT2D eigenvalue weighted by Crippen LogP contribution is 2.36. The molecule has 1 saturated heterocycles. The number of amides is 1. The minimum Gasteiger partial charge on any atom is -0.481 e. The van der Waals surface area contributed by atoms with E-state index in [1.807, 2.05) is 13.8 Å². The van der Waals surface area contributed by atoms with Crippen molar-refractivity contribution in [2.24, 2.45) is 0 Å². The number of aliphatic hydroxyl groups excluding tert-OH is 2. The lowest BCUT2D eigenvalue weighted by atomic mass is 9.90. The predicted molar refractivity (Wildman–Crippen MR) is 97.6 cm³/mol. The molecular weight excluding hydrogens is 353 g/mol. The minimum atomic E-state index is -1.15. The van der Waals surface area contributed by atoms with Gasteiger partial charge in [0.15, 0.2) is 0 Å². The van der Waals surface area contributed by atoms with E-state index in [-0.39, 0.29) is 42.6 Å². The lowest BCUT2D eigenvalue weighted by Crippen LogP contribution is -2.39. The first kappa shape index (κ1) is 21.1. The van der Waals surface area contributed by atoms with E-state index in [2.05, 4.69) is 0 Å². The van der Waals surface area contributed by atoms with E-state index in [9.17, 15) is 24.2 Å². The number of hydrogen-bond acceptors (Lipinski definition) is 4. The van der Waals surface area contributed by atoms with Crippen molar-refractivity contribution in [2.45, 2.75) is 63.3 Å². The Hall–Kier alpha value is -2.25. The first-order chi connectivity index (χ1) is 12.7. The number of aliphatic carboxylic acids is 1. The van der Waals surface area contributed by atoms with Gasteiger partial charge in [-0.3, -0.25) is 9.59 Å². The molecule has 1 amide bonds. The SMILES string of the molecule is CC(C)N1C(=O)C[C@H](c2ccc(F)cc2)[C@@H]1/C=C/[C@H](O)C[C@@H](O)CC(=O)O. The maximum Gasteiger partial charge on any atom is 0.305 e. The minimum absolute atomic E-state index is 0.0191. The molecule has 0 aliphatic carbocycles. The molecule has 0 aromatic heterocycles. The number of rotatable bonds is 8. The standard InChI is InChI=1S/C20H26FNO5/c1-12(2)22-18(8-7-15(23)9-16(24)10-20(26)27)17(11-19(22)25)13-3-5-14(21)6-4-13/h3-8,12,15-18,23-24H,9-11H2,1-2H3,(H,26,27)/b8-7+/t15-,16+,17+,18-/m0/s1. The summed E-state index contributed by atoms with van der Waals surface area (Å²) in [5.74, 6) is -1.68. The number of nitrogens with zero attached hydrogens (tertiary/aromatic N) is 1. The van der Waals surface area contributed by atoms with Crippen LogP contribution in [0, 0.1) is 5.82 Å². The van der Waals surface area contributed by atoms with Gasteiger partial charge in [0.1, 0.15) is 5.82 Å². The Morgan fingerprint density at radius 3 is 2.48 bits per heavy atom. The molecule has 1 heterocycles. The highest BCUT2D eigenvalue weighted by atomic mass is 19.1. The van der Waals surface area contributed by atoms with Crippen LogP contribution in [0.1, 0.15) is 44.6 Å². The lowest BCUT2D eigenvalue weighted by Gasteiger charge is -2.29. The third kappa shape index (κ3) is 5.61. The molecule has 2 rings (SSSR count). The van der Waals surface area contributed by atoms with Gasteiger partial charge in [0, 0.05) is 24.8 Å². The van der Waals surface area contributed by atoms with Crippen molar-refractivity contribution in [2.75, 3.05) is 0 Å². The molecule has 27 heavy (non-hydrogen) atoms. The topological polar surface area (TPSA) is 98.1 Å². The molecule has 0 spiro atoms. The Balaban J connectivity index is 2.17. The van der Waals surface area contributed by atoms with Crippen LogP contribution in [0.5, 0.6) is 0 Å². The Labute approximate surface area is 157 Å². The van der Waals surface area contributed by atoms with Gasteiger partial charge in [0.05, 0.1) is 24.7 Å². The fourth-order valence-electron chi connectivity index (χ4n) is 3.54. The van der Waals surface area contributed by atoms with E-state index in [4.69, 9.17) is 5.11 Å². The van der Waals surface area contributed by atoms with E-state index in [1.54, 1.807) is 23.1 Å². The fraction of sp³-hybridized carbons (Fsp3) is 0.500. The summed E-state index contributed by atoms with van der Waals surface area (Å²) in [6, 6.07) is 5.67. The highest BCUT2D eigenvalue weighted by Gasteiger charge is 2.40. The van der Waals surface area contributed by atoms with Gasteiger partial charge in [-0.1, -0.05) is 24.3 Å². The first-order valence-corrected chi connectivity index (χ1v) is 9.02. The van der Waals surface area contributed by atoms with Crippen LogP contribution in [0.3, 0.4) is 0 Å². The van der Waals surface area contributed by atoms with E-state index < -0.39 is 24.6 Å². The van der Waals surface area contributed by atoms with Crippen LogP contribution in [0.2, 0.25) is 0 Å². The third-order valence-corrected chi connectivity index (χ3v) is 4.72. The molecule has 1 aromatic carbocycles. The monoisotopic (exact) mass is 379 g/mol. The molecule has 0 radical (unpaired) electrons. The van der Waals surface area contributed by atoms with Crippen molar-refractivity contribution in [3.8, 4) is 0 Å². The van der Waals surface area contributed by atoms with Crippen LogP contribution in [0.15, 0.2) is 36.4 Å². The van der Waals surface area contributed by atoms with Crippen molar-refractivity contribution in [1.29, 1.82) is 0 Å². The van der Waals surface area contributed by atoms with E-state index in [1.165, 1.54) is 18.2 Å². The number of halogens is 1. The van der Waals surface area contributed by atoms with Crippen LogP contribution in [-0.4, -0.2) is 56.4 Å². The van der Waals surface area contributed by atoms with E-state index in [0.29, 0.717) is 0 Å². The summed E-state index contributed by atoms with van der Waals surface area (Å²) in [7, 11) is 0. The molecular formula is C20H26FNO5. The number of carboxylic acid groups (broad SMARTS) is 1. The van der Waals surface area contributed by atoms with Crippen LogP contribution < -0.4 is 0 Å². The zero-order chi connectivity index (χ0) is 20.1. The molecule has 148 valence electrons. The molecule has 3 N–H and O–H groups in total. The summed E-state index contributed by atoms with van der Waals surface area (Å²) >= 11 is 0. The molecule has 0 saturated carbocycles. The number of carbonyl (C=O) groups excluding carboxylic acids is 1. The van der Waals surface area contributed by atoms with Crippen LogP contribution in [0.4, 0.5) is 4.39 Å². The summed E-state index contributed by atoms with van der Waals surface area (Å²) in [5, 5.41) is 28.4. The third-order valence-electron chi connectivity index (χ3n) is 4.72. The van der Waals surface area contributed by atoms with Crippen LogP contribution in [0.25, 0.3) is 0 Å². The molecule has 1 aliphatic heterocycles. The molecule has 0 bridgehead atoms. The number of benzene rings is 1. The molecule has 4 atom stereocenters. The summed E-state index contributed by atoms with van der Waals surface area (Å²) in [6.45, 7) is 3.80. The van der Waals surface area contributed by atoms with Crippen LogP contribution in [-0.2, 0) is 9.59 Å². The average molecular weight is 379 g/mol. The largest absolute Gasteiger partial charge is 0.481 e. The van der Waals surface area contributed by atoms with Gasteiger partial charge in [0.2, 0.25) is 5.91 Å². The summed E-state index contributed by atoms with van der Waals surface area (Å²) in [6.07, 6.45) is 0.767. The Bertz CT molecular complexity index is 688. The van der Waals surface area contributed by atoms with Gasteiger partial charge >= 0.3 is 5.97 Å². The zero-order valence-electron chi connectivity index (χ0n) is 15.5. The molecule has 0 unspecified atom stereocenters. The second kappa shape index (κ2) is 9.10. The average Bonchev–Trinajstić information content (AvgIpc) is 2.89. The van der Waals surface area contributed by atoms with Crippen molar-refractivity contribution >= 4 is 11.9 Å². The molecule has 1 aromatic rings. The van der Waals surface area contributed by atoms with E-state index in [0.717, 1.165) is 5.56 Å². The van der Waals surface area contributed by atoms with Gasteiger partial charge < -0.3 is 20.2 Å². The van der Waals surface area contributed by atoms with Gasteiger partial charge in [-0.2, -0.15) is 0 Å². The van der Waals surface area contributed by atoms with Crippen LogP contribution >= 0.6 is 0 Å². The second-order valence-electron chi connectivity index (χ2n) is 7.19. The van der Waals surface area contributed by atoms with Gasteiger partial charge in [-0.25, -0.2) is 4.39 Å². The molecule has 1 aliphatic rings. The number of aliphatic hydroxyl groups is 2. The Morgan fingerprint density at radius 1 is 1.30 bits per heavy atom. The van der Waals surface area contributed by atoms with Crippen molar-refractivity contribution in [3.63, 3.8) is 0 Å². The van der Waals surface area contributed by atoms with Crippen molar-refractivity contribution in [1.82, 2.24) is 4.90 Å². The van der Waals surface area contributed by atoms with Crippen molar-refractivity contribution < 1.29 is 29.3 Å². The highest BCUT2D eigenvalue weighted by molar-refractivity contribution is 5.81. The first-order valence-electron chi connectivity index (χ1n) is 9.02. The molecule has 6 nitrogen and oxygen atoms in total. The molecule has 1 fully saturated rings. The van der Waals surface area contributed by atoms with Gasteiger partial charge in [0.25, 0.3) is 0 Å². The van der Waals surface area contributed by atoms with Crippen molar-refractivity contribution in [3.05, 3.63) is 47.8 Å². The summed E-state index contributed by atoms with van der Waals surface area (Å²) in [5.41, 5.74) is 0.836. The van der Waals surface area contributed by atoms with Gasteiger partial charge in [-0.15, -0.1) is 0 Å². The number of hydrogen-bond donors (Lipinski definition) is 3. The fourth-order valence-corrected chi connectivity index (χ4v) is 3.54.